The second-order valence-electron chi connectivity index (χ2n) is 5.76. The van der Waals surface area contributed by atoms with Crippen molar-refractivity contribution < 1.29 is 0 Å². The number of nitrogens with zero attached hydrogens (tertiary/aromatic N) is 1. The Bertz CT molecular complexity index is 396. The van der Waals surface area contributed by atoms with E-state index in [2.05, 4.69) is 29.2 Å². The van der Waals surface area contributed by atoms with Crippen molar-refractivity contribution in [3.8, 4) is 0 Å². The van der Waals surface area contributed by atoms with Crippen LogP contribution in [0.1, 0.15) is 36.8 Å². The quantitative estimate of drug-likeness (QED) is 0.863. The summed E-state index contributed by atoms with van der Waals surface area (Å²) >= 11 is 0. The van der Waals surface area contributed by atoms with E-state index >= 15 is 0 Å². The van der Waals surface area contributed by atoms with Gasteiger partial charge in [-0.15, -0.1) is 0 Å². The predicted molar refractivity (Wildman–Crippen MR) is 70.8 cm³/mol. The molecule has 1 aliphatic carbocycles. The van der Waals surface area contributed by atoms with Crippen LogP contribution >= 0.6 is 0 Å². The van der Waals surface area contributed by atoms with Crippen LogP contribution < -0.4 is 5.73 Å². The second kappa shape index (κ2) is 4.43. The van der Waals surface area contributed by atoms with Crippen molar-refractivity contribution >= 4 is 0 Å². The van der Waals surface area contributed by atoms with Crippen LogP contribution in [-0.2, 0) is 13.0 Å². The first kappa shape index (κ1) is 11.2. The molecule has 0 amide bonds. The maximum atomic E-state index is 6.29. The molecule has 2 aliphatic rings. The third-order valence-corrected chi connectivity index (χ3v) is 4.48. The molecule has 0 atom stereocenters. The highest BCUT2D eigenvalue weighted by Crippen LogP contribution is 2.32. The first-order chi connectivity index (χ1) is 8.25. The second-order valence-corrected chi connectivity index (χ2v) is 5.76. The number of hydrogen-bond acceptors (Lipinski definition) is 2. The van der Waals surface area contributed by atoms with E-state index in [1.807, 2.05) is 0 Å². The lowest BCUT2D eigenvalue weighted by Crippen LogP contribution is -2.49. The average Bonchev–Trinajstić information content (AvgIpc) is 2.34. The van der Waals surface area contributed by atoms with Crippen LogP contribution in [0.4, 0.5) is 0 Å². The Hall–Kier alpha value is -0.860. The van der Waals surface area contributed by atoms with Gasteiger partial charge in [-0.05, 0) is 43.2 Å². The van der Waals surface area contributed by atoms with E-state index in [1.165, 1.54) is 56.3 Å². The largest absolute Gasteiger partial charge is 0.325 e. The van der Waals surface area contributed by atoms with Crippen molar-refractivity contribution in [1.82, 2.24) is 4.90 Å². The van der Waals surface area contributed by atoms with E-state index in [0.717, 1.165) is 6.54 Å². The molecule has 0 unspecified atom stereocenters. The molecular weight excluding hydrogens is 208 g/mol. The zero-order chi connectivity index (χ0) is 11.7. The lowest BCUT2D eigenvalue weighted by atomic mass is 9.75. The van der Waals surface area contributed by atoms with Crippen LogP contribution in [0.25, 0.3) is 0 Å². The van der Waals surface area contributed by atoms with Crippen molar-refractivity contribution in [2.75, 3.05) is 13.1 Å². The summed E-state index contributed by atoms with van der Waals surface area (Å²) in [5, 5.41) is 0. The van der Waals surface area contributed by atoms with E-state index in [-0.39, 0.29) is 5.54 Å². The van der Waals surface area contributed by atoms with Gasteiger partial charge in [0.2, 0.25) is 0 Å². The summed E-state index contributed by atoms with van der Waals surface area (Å²) in [6.07, 6.45) is 6.18. The molecule has 17 heavy (non-hydrogen) atoms. The lowest BCUT2D eigenvalue weighted by molar-refractivity contribution is 0.173. The summed E-state index contributed by atoms with van der Waals surface area (Å²) in [5.41, 5.74) is 9.51. The maximum absolute atomic E-state index is 6.29. The number of nitrogens with two attached hydrogens (primary N) is 1. The average molecular weight is 230 g/mol. The van der Waals surface area contributed by atoms with E-state index in [1.54, 1.807) is 0 Å². The van der Waals surface area contributed by atoms with Gasteiger partial charge >= 0.3 is 0 Å². The van der Waals surface area contributed by atoms with Crippen LogP contribution in [0.2, 0.25) is 0 Å². The smallest absolute Gasteiger partial charge is 0.0236 e. The van der Waals surface area contributed by atoms with Crippen molar-refractivity contribution in [3.63, 3.8) is 0 Å². The molecule has 1 aliphatic heterocycles. The van der Waals surface area contributed by atoms with Gasteiger partial charge in [0.1, 0.15) is 0 Å². The van der Waals surface area contributed by atoms with Crippen molar-refractivity contribution in [1.29, 1.82) is 0 Å². The molecule has 0 bridgehead atoms. The fourth-order valence-electron chi connectivity index (χ4n) is 3.01. The third kappa shape index (κ3) is 2.38. The first-order valence-corrected chi connectivity index (χ1v) is 6.83. The van der Waals surface area contributed by atoms with Gasteiger partial charge in [-0.25, -0.2) is 0 Å². The Morgan fingerprint density at radius 2 is 1.94 bits per heavy atom. The molecule has 1 aromatic carbocycles. The molecule has 3 rings (SSSR count). The molecule has 0 aromatic heterocycles. The SMILES string of the molecule is NC1(CCN2CCc3ccccc3C2)CCC1. The van der Waals surface area contributed by atoms with Gasteiger partial charge in [0.25, 0.3) is 0 Å². The fourth-order valence-corrected chi connectivity index (χ4v) is 3.01. The minimum atomic E-state index is 0.178. The van der Waals surface area contributed by atoms with Gasteiger partial charge < -0.3 is 5.73 Å². The van der Waals surface area contributed by atoms with Crippen LogP contribution in [0.15, 0.2) is 24.3 Å². The normalized spacial score (nSPS) is 22.9. The highest BCUT2D eigenvalue weighted by atomic mass is 15.1. The summed E-state index contributed by atoms with van der Waals surface area (Å²) in [5.74, 6) is 0. The molecule has 1 saturated carbocycles. The maximum Gasteiger partial charge on any atom is 0.0236 e. The van der Waals surface area contributed by atoms with Crippen LogP contribution in [0, 0.1) is 0 Å². The first-order valence-electron chi connectivity index (χ1n) is 6.83. The minimum absolute atomic E-state index is 0.178. The molecule has 92 valence electrons. The van der Waals surface area contributed by atoms with Crippen LogP contribution in [0.3, 0.4) is 0 Å². The van der Waals surface area contributed by atoms with Gasteiger partial charge in [-0.3, -0.25) is 4.90 Å². The summed E-state index contributed by atoms with van der Waals surface area (Å²) in [4.78, 5) is 2.56. The molecule has 1 aromatic rings. The van der Waals surface area contributed by atoms with E-state index in [0.29, 0.717) is 0 Å². The standard InChI is InChI=1S/C15H22N2/c16-15(7-3-8-15)9-11-17-10-6-13-4-1-2-5-14(13)12-17/h1-2,4-5H,3,6-12,16H2. The number of hydrogen-bond donors (Lipinski definition) is 1. The topological polar surface area (TPSA) is 29.3 Å². The summed E-state index contributed by atoms with van der Waals surface area (Å²) in [7, 11) is 0. The molecule has 2 N–H and O–H groups in total. The van der Waals surface area contributed by atoms with Crippen LogP contribution in [0.5, 0.6) is 0 Å². The highest BCUT2D eigenvalue weighted by molar-refractivity contribution is 5.29. The number of benzene rings is 1. The Kier molecular flexibility index (Phi) is 2.93. The molecule has 2 heteroatoms. The summed E-state index contributed by atoms with van der Waals surface area (Å²) in [6, 6.07) is 8.84. The fraction of sp³-hybridized carbons (Fsp3) is 0.600. The zero-order valence-electron chi connectivity index (χ0n) is 10.5. The van der Waals surface area contributed by atoms with E-state index < -0.39 is 0 Å². The van der Waals surface area contributed by atoms with E-state index in [9.17, 15) is 0 Å². The van der Waals surface area contributed by atoms with Crippen molar-refractivity contribution in [3.05, 3.63) is 35.4 Å². The van der Waals surface area contributed by atoms with Crippen molar-refractivity contribution in [2.45, 2.75) is 44.2 Å². The summed E-state index contributed by atoms with van der Waals surface area (Å²) < 4.78 is 0. The summed E-state index contributed by atoms with van der Waals surface area (Å²) in [6.45, 7) is 3.49. The molecule has 1 fully saturated rings. The third-order valence-electron chi connectivity index (χ3n) is 4.48. The van der Waals surface area contributed by atoms with Gasteiger partial charge in [-0.2, -0.15) is 0 Å². The molecule has 0 radical (unpaired) electrons. The lowest BCUT2D eigenvalue weighted by Gasteiger charge is -2.40. The van der Waals surface area contributed by atoms with Crippen molar-refractivity contribution in [2.24, 2.45) is 5.73 Å². The van der Waals surface area contributed by atoms with Crippen LogP contribution in [-0.4, -0.2) is 23.5 Å². The Morgan fingerprint density at radius 1 is 1.18 bits per heavy atom. The van der Waals surface area contributed by atoms with Gasteiger partial charge in [-0.1, -0.05) is 24.3 Å². The predicted octanol–water partition coefficient (Wildman–Crippen LogP) is 2.32. The van der Waals surface area contributed by atoms with Gasteiger partial charge in [0, 0.05) is 25.2 Å². The molecule has 1 heterocycles. The molecule has 0 spiro atoms. The Labute approximate surface area is 104 Å². The molecule has 0 saturated heterocycles. The zero-order valence-corrected chi connectivity index (χ0v) is 10.5. The highest BCUT2D eigenvalue weighted by Gasteiger charge is 2.32. The minimum Gasteiger partial charge on any atom is -0.325 e. The monoisotopic (exact) mass is 230 g/mol. The molecule has 2 nitrogen and oxygen atoms in total. The number of rotatable bonds is 3. The van der Waals surface area contributed by atoms with E-state index in [4.69, 9.17) is 5.73 Å². The molecular formula is C15H22N2. The Balaban J connectivity index is 1.57. The Morgan fingerprint density at radius 3 is 2.65 bits per heavy atom. The van der Waals surface area contributed by atoms with Gasteiger partial charge in [0.15, 0.2) is 0 Å². The number of fused-ring (bicyclic) bond motifs is 1. The van der Waals surface area contributed by atoms with Gasteiger partial charge in [0.05, 0.1) is 0 Å².